The predicted octanol–water partition coefficient (Wildman–Crippen LogP) is 6.42. The molecule has 2 aromatic carbocycles. The molecule has 2 aromatic heterocycles. The average molecular weight is 428 g/mol. The SMILES string of the molecule is CC(C)Cn1cnc(-c2[nH]c(-c3c(F)cccc3C(F)(F)F)nc2-c2ccccc2)c1. The van der Waals surface area contributed by atoms with E-state index in [0.29, 0.717) is 28.6 Å². The van der Waals surface area contributed by atoms with E-state index >= 15 is 0 Å². The fraction of sp³-hybridized carbons (Fsp3) is 0.217. The van der Waals surface area contributed by atoms with Crippen molar-refractivity contribution in [3.63, 3.8) is 0 Å². The van der Waals surface area contributed by atoms with E-state index in [2.05, 4.69) is 28.8 Å². The van der Waals surface area contributed by atoms with Crippen LogP contribution in [0.1, 0.15) is 19.4 Å². The van der Waals surface area contributed by atoms with Crippen LogP contribution in [0.2, 0.25) is 0 Å². The number of alkyl halides is 3. The Balaban J connectivity index is 1.91. The van der Waals surface area contributed by atoms with Crippen LogP contribution in [0, 0.1) is 11.7 Å². The lowest BCUT2D eigenvalue weighted by Crippen LogP contribution is -2.09. The third-order valence-corrected chi connectivity index (χ3v) is 4.77. The minimum atomic E-state index is -4.73. The number of imidazole rings is 2. The summed E-state index contributed by atoms with van der Waals surface area (Å²) in [5.74, 6) is -0.807. The maximum absolute atomic E-state index is 14.6. The lowest BCUT2D eigenvalue weighted by atomic mass is 10.1. The van der Waals surface area contributed by atoms with Gasteiger partial charge in [0, 0.05) is 18.3 Å². The molecule has 160 valence electrons. The first kappa shape index (κ1) is 20.8. The van der Waals surface area contributed by atoms with Crippen molar-refractivity contribution in [2.45, 2.75) is 26.6 Å². The molecule has 0 atom stereocenters. The molecule has 0 saturated carbocycles. The first-order valence-electron chi connectivity index (χ1n) is 9.77. The number of hydrogen-bond acceptors (Lipinski definition) is 2. The molecule has 0 aliphatic rings. The summed E-state index contributed by atoms with van der Waals surface area (Å²) in [4.78, 5) is 11.7. The summed E-state index contributed by atoms with van der Waals surface area (Å²) in [7, 11) is 0. The van der Waals surface area contributed by atoms with Gasteiger partial charge in [-0.15, -0.1) is 0 Å². The second-order valence-corrected chi connectivity index (χ2v) is 7.68. The number of benzene rings is 2. The Bertz CT molecular complexity index is 1190. The maximum Gasteiger partial charge on any atom is 0.417 e. The van der Waals surface area contributed by atoms with Crippen LogP contribution in [0.4, 0.5) is 17.6 Å². The third-order valence-electron chi connectivity index (χ3n) is 4.77. The smallest absolute Gasteiger partial charge is 0.337 e. The Hall–Kier alpha value is -3.42. The summed E-state index contributed by atoms with van der Waals surface area (Å²) < 4.78 is 57.2. The summed E-state index contributed by atoms with van der Waals surface area (Å²) in [5, 5.41) is 0. The Morgan fingerprint density at radius 1 is 1.03 bits per heavy atom. The Labute approximate surface area is 176 Å². The minimum absolute atomic E-state index is 0.197. The van der Waals surface area contributed by atoms with Gasteiger partial charge in [-0.05, 0) is 18.1 Å². The highest BCUT2D eigenvalue weighted by atomic mass is 19.4. The van der Waals surface area contributed by atoms with Gasteiger partial charge in [-0.2, -0.15) is 13.2 Å². The van der Waals surface area contributed by atoms with Gasteiger partial charge in [-0.1, -0.05) is 50.2 Å². The molecule has 0 aliphatic heterocycles. The van der Waals surface area contributed by atoms with Crippen molar-refractivity contribution >= 4 is 0 Å². The van der Waals surface area contributed by atoms with E-state index in [9.17, 15) is 17.6 Å². The highest BCUT2D eigenvalue weighted by Gasteiger charge is 2.36. The third kappa shape index (κ3) is 4.23. The summed E-state index contributed by atoms with van der Waals surface area (Å²) in [5.41, 5.74) is 0.339. The molecule has 0 unspecified atom stereocenters. The van der Waals surface area contributed by atoms with Crippen molar-refractivity contribution in [1.82, 2.24) is 19.5 Å². The van der Waals surface area contributed by atoms with Crippen LogP contribution in [0.25, 0.3) is 34.0 Å². The zero-order chi connectivity index (χ0) is 22.2. The minimum Gasteiger partial charge on any atom is -0.337 e. The number of halogens is 4. The molecule has 31 heavy (non-hydrogen) atoms. The quantitative estimate of drug-likeness (QED) is 0.373. The van der Waals surface area contributed by atoms with Gasteiger partial charge in [0.25, 0.3) is 0 Å². The number of rotatable bonds is 5. The lowest BCUT2D eigenvalue weighted by Gasteiger charge is -2.11. The maximum atomic E-state index is 14.6. The fourth-order valence-electron chi connectivity index (χ4n) is 3.49. The van der Waals surface area contributed by atoms with E-state index in [1.165, 1.54) is 0 Å². The first-order valence-corrected chi connectivity index (χ1v) is 9.77. The van der Waals surface area contributed by atoms with Crippen LogP contribution in [-0.4, -0.2) is 19.5 Å². The lowest BCUT2D eigenvalue weighted by molar-refractivity contribution is -0.137. The van der Waals surface area contributed by atoms with E-state index < -0.39 is 23.1 Å². The second kappa shape index (κ2) is 8.02. The van der Waals surface area contributed by atoms with Gasteiger partial charge in [0.05, 0.1) is 28.8 Å². The Morgan fingerprint density at radius 2 is 1.77 bits per heavy atom. The number of aromatic nitrogens is 4. The number of H-pyrrole nitrogens is 1. The zero-order valence-electron chi connectivity index (χ0n) is 16.9. The van der Waals surface area contributed by atoms with Crippen LogP contribution >= 0.6 is 0 Å². The topological polar surface area (TPSA) is 46.5 Å². The molecule has 2 heterocycles. The number of nitrogens with one attached hydrogen (secondary N) is 1. The summed E-state index contributed by atoms with van der Waals surface area (Å²) in [6.07, 6.45) is -1.26. The molecule has 1 N–H and O–H groups in total. The molecule has 0 spiro atoms. The summed E-state index contributed by atoms with van der Waals surface area (Å²) in [6.45, 7) is 4.88. The molecule has 0 radical (unpaired) electrons. The standard InChI is InChI=1S/C23H20F4N4/c1-14(2)11-31-12-18(28-13-31)21-20(15-7-4-3-5-8-15)29-22(30-21)19-16(23(25,26)27)9-6-10-17(19)24/h3-10,12-14H,11H2,1-2H3,(H,29,30). The van der Waals surface area contributed by atoms with Crippen molar-refractivity contribution in [2.24, 2.45) is 5.92 Å². The second-order valence-electron chi connectivity index (χ2n) is 7.68. The van der Waals surface area contributed by atoms with Crippen molar-refractivity contribution in [1.29, 1.82) is 0 Å². The zero-order valence-corrected chi connectivity index (χ0v) is 16.9. The molecule has 0 saturated heterocycles. The highest BCUT2D eigenvalue weighted by molar-refractivity contribution is 5.80. The van der Waals surface area contributed by atoms with Crippen LogP contribution < -0.4 is 0 Å². The number of nitrogens with zero attached hydrogens (tertiary/aromatic N) is 3. The average Bonchev–Trinajstić information content (AvgIpc) is 3.34. The van der Waals surface area contributed by atoms with Gasteiger partial charge >= 0.3 is 6.18 Å². The monoisotopic (exact) mass is 428 g/mol. The molecule has 4 rings (SSSR count). The number of hydrogen-bond donors (Lipinski definition) is 1. The van der Waals surface area contributed by atoms with Crippen LogP contribution in [-0.2, 0) is 12.7 Å². The Kier molecular flexibility index (Phi) is 5.39. The van der Waals surface area contributed by atoms with Gasteiger partial charge in [0.2, 0.25) is 0 Å². The van der Waals surface area contributed by atoms with Crippen molar-refractivity contribution in [3.05, 3.63) is 72.4 Å². The molecule has 8 heteroatoms. The Morgan fingerprint density at radius 3 is 2.45 bits per heavy atom. The molecule has 4 aromatic rings. The number of aromatic amines is 1. The molecule has 0 aliphatic carbocycles. The highest BCUT2D eigenvalue weighted by Crippen LogP contribution is 2.40. The van der Waals surface area contributed by atoms with E-state index in [1.54, 1.807) is 36.8 Å². The summed E-state index contributed by atoms with van der Waals surface area (Å²) in [6, 6.07) is 11.9. The summed E-state index contributed by atoms with van der Waals surface area (Å²) >= 11 is 0. The van der Waals surface area contributed by atoms with Crippen LogP contribution in [0.3, 0.4) is 0 Å². The molecule has 4 nitrogen and oxygen atoms in total. The van der Waals surface area contributed by atoms with E-state index in [-0.39, 0.29) is 5.82 Å². The van der Waals surface area contributed by atoms with Crippen molar-refractivity contribution in [3.8, 4) is 34.0 Å². The molecular formula is C23H20F4N4. The fourth-order valence-corrected chi connectivity index (χ4v) is 3.49. The van der Waals surface area contributed by atoms with E-state index in [1.807, 2.05) is 10.6 Å². The predicted molar refractivity (Wildman–Crippen MR) is 110 cm³/mol. The van der Waals surface area contributed by atoms with Crippen molar-refractivity contribution in [2.75, 3.05) is 0 Å². The van der Waals surface area contributed by atoms with E-state index in [0.717, 1.165) is 24.7 Å². The molecular weight excluding hydrogens is 408 g/mol. The molecule has 0 fully saturated rings. The molecule has 0 amide bonds. The normalized spacial score (nSPS) is 12.0. The largest absolute Gasteiger partial charge is 0.417 e. The van der Waals surface area contributed by atoms with Crippen LogP contribution in [0.5, 0.6) is 0 Å². The van der Waals surface area contributed by atoms with E-state index in [4.69, 9.17) is 0 Å². The van der Waals surface area contributed by atoms with Gasteiger partial charge < -0.3 is 9.55 Å². The molecule has 0 bridgehead atoms. The van der Waals surface area contributed by atoms with Crippen molar-refractivity contribution < 1.29 is 17.6 Å². The van der Waals surface area contributed by atoms with Crippen LogP contribution in [0.15, 0.2) is 61.1 Å². The van der Waals surface area contributed by atoms with Gasteiger partial charge in [-0.25, -0.2) is 14.4 Å². The first-order chi connectivity index (χ1) is 14.7. The van der Waals surface area contributed by atoms with Gasteiger partial charge in [0.1, 0.15) is 17.3 Å². The van der Waals surface area contributed by atoms with Gasteiger partial charge in [-0.3, -0.25) is 0 Å². The van der Waals surface area contributed by atoms with Gasteiger partial charge in [0.15, 0.2) is 0 Å².